The summed E-state index contributed by atoms with van der Waals surface area (Å²) >= 11 is 0. The molecule has 1 N–H and O–H groups in total. The Hall–Kier alpha value is -3.08. The van der Waals surface area contributed by atoms with Gasteiger partial charge in [0.1, 0.15) is 23.8 Å². The molecule has 1 aromatic heterocycles. The summed E-state index contributed by atoms with van der Waals surface area (Å²) in [5, 5.41) is 10.8. The van der Waals surface area contributed by atoms with E-state index in [2.05, 4.69) is 4.98 Å². The number of fused-ring (bicyclic) bond motifs is 2. The van der Waals surface area contributed by atoms with E-state index in [4.69, 9.17) is 14.2 Å². The lowest BCUT2D eigenvalue weighted by Gasteiger charge is -2.21. The van der Waals surface area contributed by atoms with E-state index < -0.39 is 29.2 Å². The molecule has 2 saturated carbocycles. The van der Waals surface area contributed by atoms with Crippen LogP contribution in [0.1, 0.15) is 41.8 Å². The summed E-state index contributed by atoms with van der Waals surface area (Å²) in [7, 11) is 0. The molecule has 0 saturated heterocycles. The van der Waals surface area contributed by atoms with Crippen LogP contribution in [0.4, 0.5) is 13.2 Å². The number of aromatic nitrogens is 1. The first-order valence-electron chi connectivity index (χ1n) is 11.6. The molecule has 10 heteroatoms. The number of aliphatic hydroxyl groups is 1. The van der Waals surface area contributed by atoms with Crippen LogP contribution >= 0.6 is 0 Å². The molecule has 4 rings (SSSR count). The van der Waals surface area contributed by atoms with Crippen molar-refractivity contribution in [2.45, 2.75) is 38.7 Å². The van der Waals surface area contributed by atoms with E-state index in [9.17, 15) is 27.9 Å². The van der Waals surface area contributed by atoms with Crippen molar-refractivity contribution in [2.24, 2.45) is 11.8 Å². The van der Waals surface area contributed by atoms with Crippen LogP contribution in [-0.4, -0.2) is 41.7 Å². The van der Waals surface area contributed by atoms with E-state index >= 15 is 0 Å². The maximum atomic E-state index is 13.3. The van der Waals surface area contributed by atoms with Crippen molar-refractivity contribution in [1.29, 1.82) is 0 Å². The highest BCUT2D eigenvalue weighted by Gasteiger charge is 2.45. The van der Waals surface area contributed by atoms with Gasteiger partial charge in [0.05, 0.1) is 32.1 Å². The number of allylic oxidation sites excluding steroid dienone is 1. The second-order valence-electron chi connectivity index (χ2n) is 8.76. The third kappa shape index (κ3) is 6.00. The predicted molar refractivity (Wildman–Crippen MR) is 121 cm³/mol. The van der Waals surface area contributed by atoms with E-state index in [0.29, 0.717) is 31.9 Å². The third-order valence-electron chi connectivity index (χ3n) is 6.31. The van der Waals surface area contributed by atoms with Gasteiger partial charge in [-0.15, -0.1) is 0 Å². The van der Waals surface area contributed by atoms with Crippen LogP contribution in [-0.2, 0) is 43.2 Å². The van der Waals surface area contributed by atoms with Crippen LogP contribution in [0.3, 0.4) is 0 Å². The van der Waals surface area contributed by atoms with Crippen LogP contribution < -0.4 is 0 Å². The van der Waals surface area contributed by atoms with Gasteiger partial charge in [0, 0.05) is 17.4 Å². The molecular weight excluding hydrogens is 479 g/mol. The molecule has 7 nitrogen and oxygen atoms in total. The molecular formula is C26H26F3NO6. The summed E-state index contributed by atoms with van der Waals surface area (Å²) in [4.78, 5) is 29.1. The number of hydrogen-bond donors (Lipinski definition) is 1. The van der Waals surface area contributed by atoms with Gasteiger partial charge >= 0.3 is 6.18 Å². The van der Waals surface area contributed by atoms with Gasteiger partial charge in [0.15, 0.2) is 11.6 Å². The highest BCUT2D eigenvalue weighted by atomic mass is 19.4. The van der Waals surface area contributed by atoms with Gasteiger partial charge in [-0.05, 0) is 37.0 Å². The molecule has 2 bridgehead atoms. The van der Waals surface area contributed by atoms with Gasteiger partial charge < -0.3 is 19.3 Å². The quantitative estimate of drug-likeness (QED) is 0.165. The molecule has 0 radical (unpaired) electrons. The van der Waals surface area contributed by atoms with E-state index in [1.807, 2.05) is 30.3 Å². The smallest absolute Gasteiger partial charge is 0.433 e. The maximum absolute atomic E-state index is 13.3. The number of benzene rings is 1. The van der Waals surface area contributed by atoms with Crippen molar-refractivity contribution in [3.05, 3.63) is 70.6 Å². The predicted octanol–water partition coefficient (Wildman–Crippen LogP) is 4.65. The SMILES string of the molecule is O=C1C(=C(O)c2ccc(C(F)(F)F)nc2COCCOCOCc2ccccc2)C(=O)C2CCC1C2. The fourth-order valence-electron chi connectivity index (χ4n) is 4.48. The Balaban J connectivity index is 1.40. The van der Waals surface area contributed by atoms with Crippen LogP contribution in [0.25, 0.3) is 5.76 Å². The molecule has 2 atom stereocenters. The molecule has 0 aliphatic heterocycles. The largest absolute Gasteiger partial charge is 0.506 e. The van der Waals surface area contributed by atoms with Crippen molar-refractivity contribution >= 4 is 17.3 Å². The van der Waals surface area contributed by atoms with Crippen molar-refractivity contribution in [3.63, 3.8) is 0 Å². The first-order valence-corrected chi connectivity index (χ1v) is 11.6. The molecule has 0 spiro atoms. The van der Waals surface area contributed by atoms with Crippen molar-refractivity contribution in [1.82, 2.24) is 4.98 Å². The highest BCUT2D eigenvalue weighted by molar-refractivity contribution is 6.27. The Kier molecular flexibility index (Phi) is 8.17. The number of hydrogen-bond acceptors (Lipinski definition) is 7. The number of carbonyl (C=O) groups excluding carboxylic acids is 2. The standard InChI is InChI=1S/C26H26F3NO6/c27-26(28,29)21-9-8-19(25(33)22-23(31)17-6-7-18(12-17)24(22)32)20(30-21)14-34-10-11-35-15-36-13-16-4-2-1-3-5-16/h1-5,8-9,17-18,33H,6-7,10-15H2. The second-order valence-corrected chi connectivity index (χ2v) is 8.76. The minimum Gasteiger partial charge on any atom is -0.506 e. The molecule has 2 aliphatic rings. The van der Waals surface area contributed by atoms with E-state index in [0.717, 1.165) is 11.6 Å². The zero-order chi connectivity index (χ0) is 25.7. The van der Waals surface area contributed by atoms with Crippen molar-refractivity contribution in [3.8, 4) is 0 Å². The zero-order valence-electron chi connectivity index (χ0n) is 19.4. The lowest BCUT2D eigenvalue weighted by Crippen LogP contribution is -2.30. The van der Waals surface area contributed by atoms with Crippen LogP contribution in [0.2, 0.25) is 0 Å². The van der Waals surface area contributed by atoms with E-state index in [-0.39, 0.29) is 55.3 Å². The fourth-order valence-corrected chi connectivity index (χ4v) is 4.48. The number of alkyl halides is 3. The number of ether oxygens (including phenoxy) is 3. The molecule has 0 amide bonds. The van der Waals surface area contributed by atoms with Crippen LogP contribution in [0.5, 0.6) is 0 Å². The number of halogens is 3. The van der Waals surface area contributed by atoms with Crippen LogP contribution in [0, 0.1) is 11.8 Å². The number of rotatable bonds is 10. The molecule has 2 aliphatic carbocycles. The lowest BCUT2D eigenvalue weighted by molar-refractivity contribution is -0.141. The lowest BCUT2D eigenvalue weighted by atomic mass is 9.81. The molecule has 2 fully saturated rings. The van der Waals surface area contributed by atoms with Gasteiger partial charge in [0.2, 0.25) is 0 Å². The Morgan fingerprint density at radius 2 is 1.58 bits per heavy atom. The number of carbonyl (C=O) groups is 2. The normalized spacial score (nSPS) is 19.7. The summed E-state index contributed by atoms with van der Waals surface area (Å²) < 4.78 is 55.9. The number of ketones is 2. The zero-order valence-corrected chi connectivity index (χ0v) is 19.4. The van der Waals surface area contributed by atoms with Crippen molar-refractivity contribution < 1.29 is 42.1 Å². The average Bonchev–Trinajstić information content (AvgIpc) is 3.32. The average molecular weight is 505 g/mol. The van der Waals surface area contributed by atoms with Gasteiger partial charge in [-0.1, -0.05) is 30.3 Å². The molecule has 1 aromatic carbocycles. The number of aliphatic hydroxyl groups excluding tert-OH is 1. The number of Topliss-reactive ketones (excluding diaryl/α,β-unsaturated/α-hetero) is 2. The van der Waals surface area contributed by atoms with E-state index in [1.54, 1.807) is 0 Å². The Bertz CT molecular complexity index is 1110. The fraction of sp³-hybridized carbons (Fsp3) is 0.423. The van der Waals surface area contributed by atoms with Crippen molar-refractivity contribution in [2.75, 3.05) is 20.0 Å². The Morgan fingerprint density at radius 3 is 2.25 bits per heavy atom. The summed E-state index contributed by atoms with van der Waals surface area (Å²) in [6.45, 7) is 0.110. The molecule has 2 aromatic rings. The first-order chi connectivity index (χ1) is 17.3. The summed E-state index contributed by atoms with van der Waals surface area (Å²) in [5.41, 5.74) is -0.899. The second kappa shape index (κ2) is 11.3. The number of nitrogens with zero attached hydrogens (tertiary/aromatic N) is 1. The van der Waals surface area contributed by atoms with E-state index in [1.165, 1.54) is 0 Å². The molecule has 1 heterocycles. The van der Waals surface area contributed by atoms with Gasteiger partial charge in [0.25, 0.3) is 0 Å². The Morgan fingerprint density at radius 1 is 0.917 bits per heavy atom. The monoisotopic (exact) mass is 505 g/mol. The minimum atomic E-state index is -4.72. The summed E-state index contributed by atoms with van der Waals surface area (Å²) in [6, 6.07) is 11.2. The molecule has 192 valence electrons. The first kappa shape index (κ1) is 26.0. The Labute approximate surface area is 205 Å². The minimum absolute atomic E-state index is 0.00472. The summed E-state index contributed by atoms with van der Waals surface area (Å²) in [6.07, 6.45) is -3.15. The topological polar surface area (TPSA) is 95.0 Å². The molecule has 36 heavy (non-hydrogen) atoms. The third-order valence-corrected chi connectivity index (χ3v) is 6.31. The number of pyridine rings is 1. The highest BCUT2D eigenvalue weighted by Crippen LogP contribution is 2.42. The van der Waals surface area contributed by atoms with Crippen LogP contribution in [0.15, 0.2) is 48.0 Å². The van der Waals surface area contributed by atoms with Gasteiger partial charge in [-0.25, -0.2) is 4.98 Å². The van der Waals surface area contributed by atoms with Gasteiger partial charge in [-0.3, -0.25) is 9.59 Å². The maximum Gasteiger partial charge on any atom is 0.433 e. The molecule has 2 unspecified atom stereocenters. The summed E-state index contributed by atoms with van der Waals surface area (Å²) in [5.74, 6) is -2.29. The van der Waals surface area contributed by atoms with Gasteiger partial charge in [-0.2, -0.15) is 13.2 Å².